The van der Waals surface area contributed by atoms with Gasteiger partial charge < -0.3 is 4.74 Å². The minimum absolute atomic E-state index is 0.262. The molecular weight excluding hydrogens is 290 g/mol. The third kappa shape index (κ3) is 1.99. The standard InChI is InChI=1S/C19H13NO3/c1-23-14-8-6-12(7-9-14)13-10-17-15-4-2-3-5-16(15)19(22)20(17)18(21)11-13/h2-11H,1H3. The number of ether oxygens (including phenoxy) is 1. The van der Waals surface area contributed by atoms with Crippen molar-refractivity contribution >= 4 is 5.91 Å². The van der Waals surface area contributed by atoms with Crippen LogP contribution in [0.25, 0.3) is 22.4 Å². The number of benzene rings is 2. The maximum absolute atomic E-state index is 12.4. The van der Waals surface area contributed by atoms with Gasteiger partial charge in [-0.1, -0.05) is 30.3 Å². The Morgan fingerprint density at radius 1 is 0.826 bits per heavy atom. The number of fused-ring (bicyclic) bond motifs is 3. The number of aromatic nitrogens is 1. The average Bonchev–Trinajstić information content (AvgIpc) is 2.89. The maximum atomic E-state index is 12.4. The van der Waals surface area contributed by atoms with Crippen molar-refractivity contribution in [1.29, 1.82) is 0 Å². The normalized spacial score (nSPS) is 12.0. The Hall–Kier alpha value is -3.14. The van der Waals surface area contributed by atoms with Crippen molar-refractivity contribution in [3.63, 3.8) is 0 Å². The summed E-state index contributed by atoms with van der Waals surface area (Å²) in [6.45, 7) is 0. The van der Waals surface area contributed by atoms with Gasteiger partial charge in [0.15, 0.2) is 0 Å². The van der Waals surface area contributed by atoms with Crippen molar-refractivity contribution in [2.24, 2.45) is 0 Å². The Labute approximate surface area is 132 Å². The summed E-state index contributed by atoms with van der Waals surface area (Å²) in [7, 11) is 1.61. The van der Waals surface area contributed by atoms with Gasteiger partial charge in [0.05, 0.1) is 12.8 Å². The Morgan fingerprint density at radius 2 is 1.52 bits per heavy atom. The van der Waals surface area contributed by atoms with Crippen LogP contribution < -0.4 is 10.3 Å². The van der Waals surface area contributed by atoms with Crippen LogP contribution in [0.2, 0.25) is 0 Å². The van der Waals surface area contributed by atoms with Gasteiger partial charge in [0.25, 0.3) is 11.5 Å². The van der Waals surface area contributed by atoms with E-state index in [1.807, 2.05) is 42.5 Å². The SMILES string of the molecule is COc1ccc(-c2cc3n(c(=O)c2)C(=O)c2ccccc2-3)cc1. The second-order valence-electron chi connectivity index (χ2n) is 5.38. The molecule has 0 bridgehead atoms. The van der Waals surface area contributed by atoms with Crippen LogP contribution in [0.1, 0.15) is 10.4 Å². The number of hydrogen-bond acceptors (Lipinski definition) is 3. The molecule has 0 saturated carbocycles. The summed E-state index contributed by atoms with van der Waals surface area (Å²) in [6.07, 6.45) is 0. The number of methoxy groups -OCH3 is 1. The van der Waals surface area contributed by atoms with Crippen LogP contribution >= 0.6 is 0 Å². The maximum Gasteiger partial charge on any atom is 0.266 e. The van der Waals surface area contributed by atoms with E-state index in [4.69, 9.17) is 4.74 Å². The fourth-order valence-electron chi connectivity index (χ4n) is 2.94. The number of carbonyl (C=O) groups is 1. The van der Waals surface area contributed by atoms with Gasteiger partial charge >= 0.3 is 0 Å². The summed E-state index contributed by atoms with van der Waals surface area (Å²) in [5.74, 6) is 0.494. The van der Waals surface area contributed by atoms with Crippen molar-refractivity contribution in [2.75, 3.05) is 7.11 Å². The summed E-state index contributed by atoms with van der Waals surface area (Å²) < 4.78 is 6.39. The molecule has 4 heteroatoms. The Kier molecular flexibility index (Phi) is 2.91. The van der Waals surface area contributed by atoms with Gasteiger partial charge in [-0.15, -0.1) is 0 Å². The van der Waals surface area contributed by atoms with E-state index in [2.05, 4.69) is 0 Å². The molecule has 0 spiro atoms. The molecule has 2 heterocycles. The number of carbonyl (C=O) groups excluding carboxylic acids is 1. The summed E-state index contributed by atoms with van der Waals surface area (Å²) in [6, 6.07) is 18.1. The molecule has 0 N–H and O–H groups in total. The molecule has 0 unspecified atom stereocenters. The minimum Gasteiger partial charge on any atom is -0.497 e. The minimum atomic E-state index is -0.311. The molecule has 1 aliphatic rings. The van der Waals surface area contributed by atoms with Crippen molar-refractivity contribution in [3.05, 3.63) is 76.6 Å². The highest BCUT2D eigenvalue weighted by molar-refractivity contribution is 6.09. The highest BCUT2D eigenvalue weighted by Gasteiger charge is 2.27. The van der Waals surface area contributed by atoms with E-state index in [0.717, 1.165) is 22.4 Å². The molecule has 4 rings (SSSR count). The molecule has 2 aromatic carbocycles. The average molecular weight is 303 g/mol. The third-order valence-electron chi connectivity index (χ3n) is 4.09. The van der Waals surface area contributed by atoms with Gasteiger partial charge in [-0.05, 0) is 35.4 Å². The molecule has 4 nitrogen and oxygen atoms in total. The van der Waals surface area contributed by atoms with Gasteiger partial charge in [0, 0.05) is 17.2 Å². The lowest BCUT2D eigenvalue weighted by atomic mass is 10.0. The molecule has 23 heavy (non-hydrogen) atoms. The van der Waals surface area contributed by atoms with E-state index < -0.39 is 0 Å². The van der Waals surface area contributed by atoms with E-state index in [9.17, 15) is 9.59 Å². The number of hydrogen-bond donors (Lipinski definition) is 0. The van der Waals surface area contributed by atoms with Gasteiger partial charge in [0.1, 0.15) is 5.75 Å². The quantitative estimate of drug-likeness (QED) is 0.571. The second kappa shape index (κ2) is 4.95. The molecule has 1 aliphatic heterocycles. The van der Waals surface area contributed by atoms with Gasteiger partial charge in [-0.2, -0.15) is 0 Å². The zero-order valence-corrected chi connectivity index (χ0v) is 12.4. The lowest BCUT2D eigenvalue weighted by molar-refractivity contribution is 0.0965. The first kappa shape index (κ1) is 13.5. The first-order valence-electron chi connectivity index (χ1n) is 7.24. The van der Waals surface area contributed by atoms with Crippen LogP contribution in [0.15, 0.2) is 65.5 Å². The van der Waals surface area contributed by atoms with E-state index >= 15 is 0 Å². The van der Waals surface area contributed by atoms with Crippen LogP contribution in [0.3, 0.4) is 0 Å². The van der Waals surface area contributed by atoms with Gasteiger partial charge in [0.2, 0.25) is 0 Å². The van der Waals surface area contributed by atoms with E-state index in [1.54, 1.807) is 19.2 Å². The first-order chi connectivity index (χ1) is 11.2. The molecule has 112 valence electrons. The van der Waals surface area contributed by atoms with Crippen LogP contribution in [0, 0.1) is 0 Å². The largest absolute Gasteiger partial charge is 0.497 e. The van der Waals surface area contributed by atoms with Crippen molar-refractivity contribution < 1.29 is 9.53 Å². The summed E-state index contributed by atoms with van der Waals surface area (Å²) in [5, 5.41) is 0. The molecular formula is C19H13NO3. The molecule has 3 aromatic rings. The topological polar surface area (TPSA) is 48.3 Å². The van der Waals surface area contributed by atoms with Crippen LogP contribution in [-0.4, -0.2) is 17.6 Å². The zero-order valence-electron chi connectivity index (χ0n) is 12.4. The zero-order chi connectivity index (χ0) is 16.0. The van der Waals surface area contributed by atoms with Crippen molar-refractivity contribution in [2.45, 2.75) is 0 Å². The molecule has 0 radical (unpaired) electrons. The lowest BCUT2D eigenvalue weighted by Crippen LogP contribution is -2.23. The lowest BCUT2D eigenvalue weighted by Gasteiger charge is -2.07. The van der Waals surface area contributed by atoms with E-state index in [1.165, 1.54) is 10.6 Å². The summed E-state index contributed by atoms with van der Waals surface area (Å²) >= 11 is 0. The van der Waals surface area contributed by atoms with E-state index in [0.29, 0.717) is 11.3 Å². The van der Waals surface area contributed by atoms with Gasteiger partial charge in [-0.3, -0.25) is 9.59 Å². The summed E-state index contributed by atoms with van der Waals surface area (Å²) in [4.78, 5) is 24.8. The number of pyridine rings is 1. The monoisotopic (exact) mass is 303 g/mol. The first-order valence-corrected chi connectivity index (χ1v) is 7.24. The number of nitrogens with zero attached hydrogens (tertiary/aromatic N) is 1. The van der Waals surface area contributed by atoms with Crippen LogP contribution in [0.4, 0.5) is 0 Å². The van der Waals surface area contributed by atoms with E-state index in [-0.39, 0.29) is 11.5 Å². The smallest absolute Gasteiger partial charge is 0.266 e. The fraction of sp³-hybridized carbons (Fsp3) is 0.0526. The molecule has 0 fully saturated rings. The molecule has 0 aliphatic carbocycles. The highest BCUT2D eigenvalue weighted by atomic mass is 16.5. The molecule has 0 amide bonds. The molecule has 0 saturated heterocycles. The fourth-order valence-corrected chi connectivity index (χ4v) is 2.94. The Bertz CT molecular complexity index is 984. The summed E-state index contributed by atoms with van der Waals surface area (Å²) in [5.41, 5.74) is 3.39. The predicted molar refractivity (Wildman–Crippen MR) is 87.9 cm³/mol. The Balaban J connectivity index is 1.92. The Morgan fingerprint density at radius 3 is 2.22 bits per heavy atom. The second-order valence-corrected chi connectivity index (χ2v) is 5.38. The predicted octanol–water partition coefficient (Wildman–Crippen LogP) is 3.19. The van der Waals surface area contributed by atoms with Crippen LogP contribution in [0.5, 0.6) is 5.75 Å². The third-order valence-corrected chi connectivity index (χ3v) is 4.09. The molecule has 0 atom stereocenters. The van der Waals surface area contributed by atoms with Crippen molar-refractivity contribution in [1.82, 2.24) is 4.57 Å². The van der Waals surface area contributed by atoms with Crippen LogP contribution in [-0.2, 0) is 0 Å². The highest BCUT2D eigenvalue weighted by Crippen LogP contribution is 2.33. The number of rotatable bonds is 2. The van der Waals surface area contributed by atoms with Gasteiger partial charge in [-0.25, -0.2) is 4.57 Å². The van der Waals surface area contributed by atoms with Crippen molar-refractivity contribution in [3.8, 4) is 28.1 Å². The molecule has 1 aromatic heterocycles.